The van der Waals surface area contributed by atoms with Crippen LogP contribution < -0.4 is 5.32 Å². The SMILES string of the molecule is CNCC1CCCN1S(=O)(=O)c1ccc(C(F)(F)F)cc1Cl. The Morgan fingerprint density at radius 2 is 2.09 bits per heavy atom. The lowest BCUT2D eigenvalue weighted by Crippen LogP contribution is -2.40. The lowest BCUT2D eigenvalue weighted by molar-refractivity contribution is -0.137. The molecule has 4 nitrogen and oxygen atoms in total. The Morgan fingerprint density at radius 1 is 1.41 bits per heavy atom. The Bertz CT molecular complexity index is 649. The molecule has 1 aliphatic rings. The fraction of sp³-hybridized carbons (Fsp3) is 0.538. The summed E-state index contributed by atoms with van der Waals surface area (Å²) in [6.07, 6.45) is -3.14. The van der Waals surface area contributed by atoms with E-state index in [1.807, 2.05) is 0 Å². The Labute approximate surface area is 132 Å². The van der Waals surface area contributed by atoms with E-state index in [9.17, 15) is 21.6 Å². The summed E-state index contributed by atoms with van der Waals surface area (Å²) in [5.74, 6) is 0. The van der Waals surface area contributed by atoms with Gasteiger partial charge in [0.2, 0.25) is 10.0 Å². The van der Waals surface area contributed by atoms with Crippen LogP contribution in [0.5, 0.6) is 0 Å². The van der Waals surface area contributed by atoms with Gasteiger partial charge in [-0.25, -0.2) is 8.42 Å². The minimum Gasteiger partial charge on any atom is -0.318 e. The Kier molecular flexibility index (Phi) is 5.06. The zero-order chi connectivity index (χ0) is 16.5. The molecule has 1 N–H and O–H groups in total. The second kappa shape index (κ2) is 6.35. The molecule has 1 unspecified atom stereocenters. The zero-order valence-electron chi connectivity index (χ0n) is 11.8. The molecular formula is C13H16ClF3N2O2S. The van der Waals surface area contributed by atoms with Gasteiger partial charge in [0, 0.05) is 19.1 Å². The molecule has 0 saturated carbocycles. The predicted octanol–water partition coefficient (Wildman–Crippen LogP) is 2.73. The monoisotopic (exact) mass is 356 g/mol. The molecule has 1 heterocycles. The minimum absolute atomic E-state index is 0.214. The molecule has 1 saturated heterocycles. The van der Waals surface area contributed by atoms with Gasteiger partial charge in [0.1, 0.15) is 4.90 Å². The average Bonchev–Trinajstić information content (AvgIpc) is 2.86. The topological polar surface area (TPSA) is 49.4 Å². The fourth-order valence-corrected chi connectivity index (χ4v) is 4.79. The highest BCUT2D eigenvalue weighted by Gasteiger charge is 2.37. The van der Waals surface area contributed by atoms with Crippen LogP contribution in [0.25, 0.3) is 0 Å². The highest BCUT2D eigenvalue weighted by atomic mass is 35.5. The van der Waals surface area contributed by atoms with Crippen molar-refractivity contribution in [3.8, 4) is 0 Å². The summed E-state index contributed by atoms with van der Waals surface area (Å²) in [5.41, 5.74) is -0.968. The first-order valence-electron chi connectivity index (χ1n) is 6.71. The molecule has 22 heavy (non-hydrogen) atoms. The van der Waals surface area contributed by atoms with E-state index >= 15 is 0 Å². The molecule has 0 amide bonds. The molecule has 1 fully saturated rings. The summed E-state index contributed by atoms with van der Waals surface area (Å²) >= 11 is 5.80. The predicted molar refractivity (Wildman–Crippen MR) is 77.3 cm³/mol. The van der Waals surface area contributed by atoms with Crippen molar-refractivity contribution in [2.24, 2.45) is 0 Å². The quantitative estimate of drug-likeness (QED) is 0.902. The first-order valence-corrected chi connectivity index (χ1v) is 8.53. The molecule has 0 radical (unpaired) electrons. The van der Waals surface area contributed by atoms with E-state index in [0.717, 1.165) is 12.1 Å². The van der Waals surface area contributed by atoms with Gasteiger partial charge < -0.3 is 5.32 Å². The molecule has 0 bridgehead atoms. The van der Waals surface area contributed by atoms with Crippen molar-refractivity contribution in [2.45, 2.75) is 30.0 Å². The Morgan fingerprint density at radius 3 is 2.64 bits per heavy atom. The van der Waals surface area contributed by atoms with E-state index in [-0.39, 0.29) is 10.9 Å². The fourth-order valence-electron chi connectivity index (χ4n) is 2.58. The number of nitrogens with zero attached hydrogens (tertiary/aromatic N) is 1. The molecule has 1 aromatic rings. The molecule has 1 atom stereocenters. The van der Waals surface area contributed by atoms with Crippen molar-refractivity contribution < 1.29 is 21.6 Å². The van der Waals surface area contributed by atoms with Gasteiger partial charge in [0.05, 0.1) is 10.6 Å². The lowest BCUT2D eigenvalue weighted by atomic mass is 10.2. The normalized spacial score (nSPS) is 20.5. The second-order valence-corrected chi connectivity index (χ2v) is 7.38. The number of likely N-dealkylation sites (N-methyl/N-ethyl adjacent to an activating group) is 1. The van der Waals surface area contributed by atoms with Crippen LogP contribution in [0.3, 0.4) is 0 Å². The van der Waals surface area contributed by atoms with Crippen LogP contribution >= 0.6 is 11.6 Å². The maximum atomic E-state index is 12.6. The Hall–Kier alpha value is -0.830. The summed E-state index contributed by atoms with van der Waals surface area (Å²) in [7, 11) is -2.19. The van der Waals surface area contributed by atoms with Gasteiger partial charge >= 0.3 is 6.18 Å². The minimum atomic E-state index is -4.56. The lowest BCUT2D eigenvalue weighted by Gasteiger charge is -2.24. The van der Waals surface area contributed by atoms with Gasteiger partial charge in [-0.2, -0.15) is 17.5 Å². The van der Waals surface area contributed by atoms with Crippen LogP contribution in [0.1, 0.15) is 18.4 Å². The molecule has 1 aromatic carbocycles. The molecule has 1 aliphatic heterocycles. The molecule has 124 valence electrons. The first kappa shape index (κ1) is 17.5. The molecule has 9 heteroatoms. The highest BCUT2D eigenvalue weighted by molar-refractivity contribution is 7.89. The zero-order valence-corrected chi connectivity index (χ0v) is 13.4. The van der Waals surface area contributed by atoms with E-state index in [2.05, 4.69) is 5.32 Å². The van der Waals surface area contributed by atoms with Gasteiger partial charge in [-0.3, -0.25) is 0 Å². The molecular weight excluding hydrogens is 341 g/mol. The number of benzene rings is 1. The van der Waals surface area contributed by atoms with Crippen LogP contribution in [0.15, 0.2) is 23.1 Å². The number of sulfonamides is 1. The van der Waals surface area contributed by atoms with Gasteiger partial charge in [-0.05, 0) is 38.1 Å². The van der Waals surface area contributed by atoms with E-state index in [1.54, 1.807) is 7.05 Å². The standard InChI is InChI=1S/C13H16ClF3N2O2S/c1-18-8-10-3-2-6-19(10)22(20,21)12-5-4-9(7-11(12)14)13(15,16)17/h4-5,7,10,18H,2-3,6,8H2,1H3. The maximum absolute atomic E-state index is 12.6. The van der Waals surface area contributed by atoms with Crippen molar-refractivity contribution in [3.63, 3.8) is 0 Å². The van der Waals surface area contributed by atoms with Crippen LogP contribution in [-0.4, -0.2) is 38.9 Å². The van der Waals surface area contributed by atoms with E-state index in [1.165, 1.54) is 4.31 Å². The summed E-state index contributed by atoms with van der Waals surface area (Å²) < 4.78 is 64.5. The van der Waals surface area contributed by atoms with Gasteiger partial charge in [-0.1, -0.05) is 11.6 Å². The Balaban J connectivity index is 2.38. The summed E-state index contributed by atoms with van der Waals surface area (Å²) in [6, 6.07) is 2.10. The number of halogens is 4. The smallest absolute Gasteiger partial charge is 0.318 e. The number of hydrogen-bond acceptors (Lipinski definition) is 3. The van der Waals surface area contributed by atoms with Crippen LogP contribution in [0.2, 0.25) is 5.02 Å². The maximum Gasteiger partial charge on any atom is 0.416 e. The molecule has 0 aliphatic carbocycles. The molecule has 2 rings (SSSR count). The van der Waals surface area contributed by atoms with Crippen LogP contribution in [0, 0.1) is 0 Å². The van der Waals surface area contributed by atoms with Gasteiger partial charge in [0.25, 0.3) is 0 Å². The van der Waals surface area contributed by atoms with E-state index in [0.29, 0.717) is 32.0 Å². The van der Waals surface area contributed by atoms with Gasteiger partial charge in [-0.15, -0.1) is 0 Å². The number of hydrogen-bond donors (Lipinski definition) is 1. The van der Waals surface area contributed by atoms with Crippen LogP contribution in [0.4, 0.5) is 13.2 Å². The van der Waals surface area contributed by atoms with Crippen molar-refractivity contribution in [1.82, 2.24) is 9.62 Å². The van der Waals surface area contributed by atoms with Crippen molar-refractivity contribution in [1.29, 1.82) is 0 Å². The number of alkyl halides is 3. The van der Waals surface area contributed by atoms with E-state index in [4.69, 9.17) is 11.6 Å². The third-order valence-corrected chi connectivity index (χ3v) is 6.04. The summed E-state index contributed by atoms with van der Waals surface area (Å²) in [6.45, 7) is 0.823. The van der Waals surface area contributed by atoms with Crippen molar-refractivity contribution >= 4 is 21.6 Å². The number of rotatable bonds is 4. The molecule has 0 spiro atoms. The first-order chi connectivity index (χ1) is 10.2. The van der Waals surface area contributed by atoms with Gasteiger partial charge in [0.15, 0.2) is 0 Å². The summed E-state index contributed by atoms with van der Waals surface area (Å²) in [4.78, 5) is -0.287. The summed E-state index contributed by atoms with van der Waals surface area (Å²) in [5, 5.41) is 2.51. The third kappa shape index (κ3) is 3.40. The van der Waals surface area contributed by atoms with Crippen molar-refractivity contribution in [2.75, 3.05) is 20.1 Å². The van der Waals surface area contributed by atoms with Crippen LogP contribution in [-0.2, 0) is 16.2 Å². The second-order valence-electron chi connectivity index (χ2n) is 5.11. The average molecular weight is 357 g/mol. The molecule has 0 aromatic heterocycles. The third-order valence-electron chi connectivity index (χ3n) is 3.61. The van der Waals surface area contributed by atoms with E-state index < -0.39 is 26.8 Å². The van der Waals surface area contributed by atoms with Crippen molar-refractivity contribution in [3.05, 3.63) is 28.8 Å². The highest BCUT2D eigenvalue weighted by Crippen LogP contribution is 2.35. The largest absolute Gasteiger partial charge is 0.416 e. The number of nitrogens with one attached hydrogen (secondary N) is 1.